The molecule has 0 rings (SSSR count). The number of hydrogen-bond donors (Lipinski definition) is 0. The topological polar surface area (TPSA) is 26.3 Å². The van der Waals surface area contributed by atoms with Gasteiger partial charge in [-0.2, -0.15) is 11.8 Å². The van der Waals surface area contributed by atoms with Crippen LogP contribution in [0, 0.1) is 0 Å². The van der Waals surface area contributed by atoms with E-state index in [1.54, 1.807) is 0 Å². The zero-order valence-corrected chi connectivity index (χ0v) is 7.53. The normalized spacial score (nSPS) is 12.7. The largest absolute Gasteiger partial charge is 0.465 e. The van der Waals surface area contributed by atoms with Crippen LogP contribution in [0.15, 0.2) is 0 Å². The highest BCUT2D eigenvalue weighted by Crippen LogP contribution is 2.06. The molecule has 1 unspecified atom stereocenters. The Balaban J connectivity index is 3.42. The number of carbonyl (C=O) groups excluding carboxylic acids is 1. The Bertz CT molecular complexity index is 104. The summed E-state index contributed by atoms with van der Waals surface area (Å²) < 4.78 is 4.88. The van der Waals surface area contributed by atoms with Crippen molar-refractivity contribution in [2.45, 2.75) is 25.5 Å². The zero-order valence-electron chi connectivity index (χ0n) is 6.72. The van der Waals surface area contributed by atoms with Crippen molar-refractivity contribution in [3.63, 3.8) is 0 Å². The Morgan fingerprint density at radius 1 is 1.70 bits per heavy atom. The predicted molar refractivity (Wildman–Crippen MR) is 44.2 cm³/mol. The first-order chi connectivity index (χ1) is 4.72. The summed E-state index contributed by atoms with van der Waals surface area (Å²) in [6, 6.07) is 0. The monoisotopic (exact) mass is 162 g/mol. The zero-order chi connectivity index (χ0) is 7.98. The molecule has 0 radical (unpaired) electrons. The van der Waals surface area contributed by atoms with Crippen molar-refractivity contribution in [2.75, 3.05) is 12.9 Å². The fourth-order valence-corrected chi connectivity index (χ4v) is 0.677. The highest BCUT2D eigenvalue weighted by Gasteiger charge is 2.10. The van der Waals surface area contributed by atoms with Crippen LogP contribution >= 0.6 is 11.8 Å². The maximum absolute atomic E-state index is 10.9. The molecule has 2 nitrogen and oxygen atoms in total. The molecular formula is C7H14O2S. The molecule has 0 saturated carbocycles. The second kappa shape index (κ2) is 5.59. The van der Waals surface area contributed by atoms with Crippen LogP contribution < -0.4 is 0 Å². The van der Waals surface area contributed by atoms with Crippen LogP contribution in [0.25, 0.3) is 0 Å². The van der Waals surface area contributed by atoms with Gasteiger partial charge in [0.2, 0.25) is 0 Å². The predicted octanol–water partition coefficient (Wildman–Crippen LogP) is 1.69. The van der Waals surface area contributed by atoms with Gasteiger partial charge in [0.05, 0.1) is 11.9 Å². The molecule has 60 valence electrons. The fraction of sp³-hybridized carbons (Fsp3) is 0.857. The second-order valence-corrected chi connectivity index (χ2v) is 3.22. The molecule has 0 heterocycles. The molecule has 0 saturated heterocycles. The molecule has 0 bridgehead atoms. The van der Waals surface area contributed by atoms with Gasteiger partial charge in [-0.3, -0.25) is 4.79 Å². The van der Waals surface area contributed by atoms with Gasteiger partial charge in [-0.15, -0.1) is 0 Å². The standard InChI is InChI=1S/C7H14O2S/c1-4-5-9-7(8)6(2)10-3/h6H,4-5H2,1-3H3. The van der Waals surface area contributed by atoms with Gasteiger partial charge >= 0.3 is 5.97 Å². The third kappa shape index (κ3) is 3.77. The molecule has 0 spiro atoms. The van der Waals surface area contributed by atoms with Gasteiger partial charge in [0.15, 0.2) is 0 Å². The first-order valence-corrected chi connectivity index (χ1v) is 4.70. The van der Waals surface area contributed by atoms with E-state index in [9.17, 15) is 4.79 Å². The lowest BCUT2D eigenvalue weighted by Crippen LogP contribution is -2.16. The third-order valence-electron chi connectivity index (χ3n) is 1.13. The van der Waals surface area contributed by atoms with Crippen LogP contribution in [-0.2, 0) is 9.53 Å². The maximum Gasteiger partial charge on any atom is 0.318 e. The molecule has 10 heavy (non-hydrogen) atoms. The molecule has 0 aromatic carbocycles. The van der Waals surface area contributed by atoms with E-state index >= 15 is 0 Å². The van der Waals surface area contributed by atoms with Crippen LogP contribution in [0.1, 0.15) is 20.3 Å². The molecular weight excluding hydrogens is 148 g/mol. The molecule has 1 atom stereocenters. The number of esters is 1. The average Bonchev–Trinajstić information content (AvgIpc) is 1.98. The van der Waals surface area contributed by atoms with E-state index in [0.717, 1.165) is 6.42 Å². The van der Waals surface area contributed by atoms with Crippen LogP contribution in [-0.4, -0.2) is 24.1 Å². The molecule has 0 aromatic rings. The van der Waals surface area contributed by atoms with E-state index in [1.165, 1.54) is 11.8 Å². The summed E-state index contributed by atoms with van der Waals surface area (Å²) in [5.41, 5.74) is 0. The van der Waals surface area contributed by atoms with Gasteiger partial charge in [0.25, 0.3) is 0 Å². The van der Waals surface area contributed by atoms with Gasteiger partial charge in [-0.1, -0.05) is 6.92 Å². The number of ether oxygens (including phenoxy) is 1. The molecule has 0 fully saturated rings. The molecule has 0 aliphatic heterocycles. The second-order valence-electron chi connectivity index (χ2n) is 2.05. The summed E-state index contributed by atoms with van der Waals surface area (Å²) in [6.07, 6.45) is 2.80. The lowest BCUT2D eigenvalue weighted by atomic mass is 10.5. The van der Waals surface area contributed by atoms with Crippen LogP contribution in [0.4, 0.5) is 0 Å². The maximum atomic E-state index is 10.9. The van der Waals surface area contributed by atoms with Gasteiger partial charge in [-0.05, 0) is 19.6 Å². The quantitative estimate of drug-likeness (QED) is 0.588. The van der Waals surface area contributed by atoms with E-state index in [4.69, 9.17) is 4.74 Å². The molecule has 0 aliphatic carbocycles. The molecule has 3 heteroatoms. The summed E-state index contributed by atoms with van der Waals surface area (Å²) in [5, 5.41) is -0.0217. The van der Waals surface area contributed by atoms with E-state index in [1.807, 2.05) is 20.1 Å². The minimum atomic E-state index is -0.102. The summed E-state index contributed by atoms with van der Waals surface area (Å²) in [6.45, 7) is 4.38. The molecule has 0 aliphatic rings. The van der Waals surface area contributed by atoms with Crippen molar-refractivity contribution in [3.8, 4) is 0 Å². The van der Waals surface area contributed by atoms with Crippen LogP contribution in [0.5, 0.6) is 0 Å². The summed E-state index contributed by atoms with van der Waals surface area (Å²) in [5.74, 6) is -0.102. The van der Waals surface area contributed by atoms with Gasteiger partial charge in [-0.25, -0.2) is 0 Å². The summed E-state index contributed by atoms with van der Waals surface area (Å²) >= 11 is 1.51. The van der Waals surface area contributed by atoms with Crippen molar-refractivity contribution in [1.82, 2.24) is 0 Å². The Hall–Kier alpha value is -0.180. The molecule has 0 N–H and O–H groups in total. The first kappa shape index (κ1) is 9.82. The van der Waals surface area contributed by atoms with E-state index < -0.39 is 0 Å². The number of hydrogen-bond acceptors (Lipinski definition) is 3. The Kier molecular flexibility index (Phi) is 5.49. The Labute approximate surface area is 66.3 Å². The third-order valence-corrected chi connectivity index (χ3v) is 2.03. The van der Waals surface area contributed by atoms with Gasteiger partial charge in [0.1, 0.15) is 0 Å². The van der Waals surface area contributed by atoms with E-state index in [0.29, 0.717) is 6.61 Å². The highest BCUT2D eigenvalue weighted by molar-refractivity contribution is 7.99. The Morgan fingerprint density at radius 2 is 2.30 bits per heavy atom. The fourth-order valence-electron chi connectivity index (χ4n) is 0.416. The van der Waals surface area contributed by atoms with Gasteiger partial charge in [0, 0.05) is 0 Å². The van der Waals surface area contributed by atoms with Gasteiger partial charge < -0.3 is 4.74 Å². The summed E-state index contributed by atoms with van der Waals surface area (Å²) in [4.78, 5) is 10.9. The van der Waals surface area contributed by atoms with Crippen molar-refractivity contribution in [1.29, 1.82) is 0 Å². The smallest absolute Gasteiger partial charge is 0.318 e. The minimum Gasteiger partial charge on any atom is -0.465 e. The average molecular weight is 162 g/mol. The van der Waals surface area contributed by atoms with Crippen molar-refractivity contribution in [3.05, 3.63) is 0 Å². The van der Waals surface area contributed by atoms with E-state index in [-0.39, 0.29) is 11.2 Å². The molecule has 0 amide bonds. The van der Waals surface area contributed by atoms with Crippen molar-refractivity contribution >= 4 is 17.7 Å². The minimum absolute atomic E-state index is 0.0217. The van der Waals surface area contributed by atoms with Crippen molar-refractivity contribution in [2.24, 2.45) is 0 Å². The van der Waals surface area contributed by atoms with E-state index in [2.05, 4.69) is 0 Å². The number of rotatable bonds is 4. The lowest BCUT2D eigenvalue weighted by molar-refractivity contribution is -0.142. The molecule has 0 aromatic heterocycles. The SMILES string of the molecule is CCCOC(=O)C(C)SC. The Morgan fingerprint density at radius 3 is 2.70 bits per heavy atom. The highest BCUT2D eigenvalue weighted by atomic mass is 32.2. The summed E-state index contributed by atoms with van der Waals surface area (Å²) in [7, 11) is 0. The van der Waals surface area contributed by atoms with Crippen LogP contribution in [0.3, 0.4) is 0 Å². The first-order valence-electron chi connectivity index (χ1n) is 3.41. The number of carbonyl (C=O) groups is 1. The lowest BCUT2D eigenvalue weighted by Gasteiger charge is -2.06. The van der Waals surface area contributed by atoms with Crippen molar-refractivity contribution < 1.29 is 9.53 Å². The van der Waals surface area contributed by atoms with Crippen LogP contribution in [0.2, 0.25) is 0 Å². The number of thioether (sulfide) groups is 1.